The largest absolute Gasteiger partial charge is 0.496 e. The number of hydrogen-bond acceptors (Lipinski definition) is 6. The third-order valence-corrected chi connectivity index (χ3v) is 10.5. The van der Waals surface area contributed by atoms with Crippen molar-refractivity contribution in [2.24, 2.45) is 0 Å². The molecule has 1 saturated heterocycles. The number of hydrogen-bond donors (Lipinski definition) is 0. The van der Waals surface area contributed by atoms with Gasteiger partial charge in [-0.25, -0.2) is 22.2 Å². The van der Waals surface area contributed by atoms with E-state index in [2.05, 4.69) is 31.9 Å². The van der Waals surface area contributed by atoms with Gasteiger partial charge in [0, 0.05) is 30.5 Å². The fourth-order valence-electron chi connectivity index (χ4n) is 3.89. The predicted octanol–water partition coefficient (Wildman–Crippen LogP) is 5.99. The Hall–Kier alpha value is -1.56. The van der Waals surface area contributed by atoms with E-state index in [9.17, 15) is 17.2 Å². The van der Waals surface area contributed by atoms with Crippen LogP contribution in [0, 0.1) is 11.6 Å². The molecule has 33 heavy (non-hydrogen) atoms. The van der Waals surface area contributed by atoms with Crippen LogP contribution in [0.4, 0.5) is 13.9 Å². The van der Waals surface area contributed by atoms with Gasteiger partial charge in [0.15, 0.2) is 20.8 Å². The molecule has 3 aromatic rings. The molecule has 1 aromatic heterocycles. The molecule has 0 saturated carbocycles. The number of sulfone groups is 1. The van der Waals surface area contributed by atoms with E-state index in [1.807, 2.05) is 34.5 Å². The lowest BCUT2D eigenvalue weighted by molar-refractivity contribution is 0.410. The predicted molar refractivity (Wildman–Crippen MR) is 132 cm³/mol. The fourth-order valence-corrected chi connectivity index (χ4v) is 8.14. The number of anilines is 1. The second kappa shape index (κ2) is 9.97. The van der Waals surface area contributed by atoms with Crippen molar-refractivity contribution in [2.75, 3.05) is 25.1 Å². The number of thiazole rings is 1. The topological polar surface area (TPSA) is 59.5 Å². The molecule has 0 bridgehead atoms. The molecular formula is C22H20Br2F2N2O3S2. The van der Waals surface area contributed by atoms with E-state index in [1.54, 1.807) is 7.11 Å². The number of nitrogens with zero attached hydrogens (tertiary/aromatic N) is 2. The maximum Gasteiger partial charge on any atom is 0.185 e. The zero-order chi connectivity index (χ0) is 23.8. The van der Waals surface area contributed by atoms with Gasteiger partial charge in [0.25, 0.3) is 0 Å². The fraction of sp³-hybridized carbons (Fsp3) is 0.318. The molecule has 0 aliphatic carbocycles. The SMILES string of the molecule is COc1ccccc1Cc1csc(N2CCC(S(=O)(=O)c3c(F)c(Br)cc(F)c3Br)CC2)n1. The van der Waals surface area contributed by atoms with E-state index in [4.69, 9.17) is 9.72 Å². The Kier molecular flexibility index (Phi) is 7.42. The summed E-state index contributed by atoms with van der Waals surface area (Å²) in [6, 6.07) is 8.68. The van der Waals surface area contributed by atoms with Crippen LogP contribution in [0.25, 0.3) is 0 Å². The van der Waals surface area contributed by atoms with Gasteiger partial charge in [0.2, 0.25) is 0 Å². The van der Waals surface area contributed by atoms with Crippen LogP contribution in [0.3, 0.4) is 0 Å². The van der Waals surface area contributed by atoms with Crippen molar-refractivity contribution in [1.29, 1.82) is 0 Å². The number of piperidine rings is 1. The highest BCUT2D eigenvalue weighted by Crippen LogP contribution is 2.37. The van der Waals surface area contributed by atoms with E-state index in [0.29, 0.717) is 32.4 Å². The maximum absolute atomic E-state index is 14.6. The average molecular weight is 622 g/mol. The van der Waals surface area contributed by atoms with E-state index >= 15 is 0 Å². The maximum atomic E-state index is 14.6. The summed E-state index contributed by atoms with van der Waals surface area (Å²) >= 11 is 7.32. The normalized spacial score (nSPS) is 15.1. The second-order valence-corrected chi connectivity index (χ2v) is 12.3. The molecule has 4 rings (SSSR count). The molecular weight excluding hydrogens is 602 g/mol. The number of benzene rings is 2. The second-order valence-electron chi connectivity index (χ2n) is 7.64. The Morgan fingerprint density at radius 2 is 1.91 bits per heavy atom. The number of methoxy groups -OCH3 is 1. The van der Waals surface area contributed by atoms with Crippen molar-refractivity contribution in [2.45, 2.75) is 29.4 Å². The molecule has 2 heterocycles. The summed E-state index contributed by atoms with van der Waals surface area (Å²) < 4.78 is 59.8. The Labute approximate surface area is 212 Å². The highest BCUT2D eigenvalue weighted by atomic mass is 79.9. The molecule has 5 nitrogen and oxygen atoms in total. The zero-order valence-electron chi connectivity index (χ0n) is 17.5. The number of halogens is 4. The van der Waals surface area contributed by atoms with Gasteiger partial charge in [0.05, 0.1) is 27.0 Å². The van der Waals surface area contributed by atoms with Crippen LogP contribution >= 0.6 is 43.2 Å². The van der Waals surface area contributed by atoms with Crippen LogP contribution in [0.2, 0.25) is 0 Å². The highest BCUT2D eigenvalue weighted by Gasteiger charge is 2.37. The summed E-state index contributed by atoms with van der Waals surface area (Å²) in [6.07, 6.45) is 1.22. The van der Waals surface area contributed by atoms with Gasteiger partial charge >= 0.3 is 0 Å². The van der Waals surface area contributed by atoms with E-state index in [1.165, 1.54) is 11.3 Å². The van der Waals surface area contributed by atoms with Gasteiger partial charge in [-0.3, -0.25) is 0 Å². The molecule has 0 amide bonds. The first kappa shape index (κ1) is 24.6. The lowest BCUT2D eigenvalue weighted by Gasteiger charge is -2.31. The Balaban J connectivity index is 1.47. The van der Waals surface area contributed by atoms with Crippen molar-refractivity contribution < 1.29 is 21.9 Å². The first-order valence-corrected chi connectivity index (χ1v) is 14.1. The van der Waals surface area contributed by atoms with Crippen LogP contribution in [0.15, 0.2) is 49.6 Å². The molecule has 0 unspecified atom stereocenters. The third kappa shape index (κ3) is 4.96. The summed E-state index contributed by atoms with van der Waals surface area (Å²) in [4.78, 5) is 6.13. The summed E-state index contributed by atoms with van der Waals surface area (Å²) in [7, 11) is -2.43. The lowest BCUT2D eigenvalue weighted by Crippen LogP contribution is -2.39. The molecule has 0 spiro atoms. The van der Waals surface area contributed by atoms with Crippen LogP contribution in [-0.2, 0) is 16.3 Å². The summed E-state index contributed by atoms with van der Waals surface area (Å²) in [5.41, 5.74) is 1.94. The van der Waals surface area contributed by atoms with E-state index in [-0.39, 0.29) is 8.95 Å². The Morgan fingerprint density at radius 3 is 2.61 bits per heavy atom. The first-order valence-electron chi connectivity index (χ1n) is 10.1. The molecule has 0 radical (unpaired) electrons. The minimum Gasteiger partial charge on any atom is -0.496 e. The molecule has 1 aliphatic heterocycles. The van der Waals surface area contributed by atoms with Gasteiger partial charge in [0.1, 0.15) is 16.5 Å². The minimum atomic E-state index is -4.07. The summed E-state index contributed by atoms with van der Waals surface area (Å²) in [6.45, 7) is 0.919. The van der Waals surface area contributed by atoms with Crippen molar-refractivity contribution in [3.8, 4) is 5.75 Å². The van der Waals surface area contributed by atoms with Crippen molar-refractivity contribution >= 4 is 58.2 Å². The van der Waals surface area contributed by atoms with Crippen LogP contribution in [0.1, 0.15) is 24.1 Å². The lowest BCUT2D eigenvalue weighted by atomic mass is 10.1. The summed E-state index contributed by atoms with van der Waals surface area (Å²) in [5, 5.41) is 2.00. The quantitative estimate of drug-likeness (QED) is 0.317. The zero-order valence-corrected chi connectivity index (χ0v) is 22.3. The average Bonchev–Trinajstić information content (AvgIpc) is 3.27. The van der Waals surface area contributed by atoms with E-state index in [0.717, 1.165) is 28.2 Å². The van der Waals surface area contributed by atoms with Crippen LogP contribution in [0.5, 0.6) is 5.75 Å². The van der Waals surface area contributed by atoms with Gasteiger partial charge in [-0.15, -0.1) is 11.3 Å². The van der Waals surface area contributed by atoms with Gasteiger partial charge in [-0.1, -0.05) is 18.2 Å². The van der Waals surface area contributed by atoms with Crippen molar-refractivity contribution in [3.63, 3.8) is 0 Å². The number of aromatic nitrogens is 1. The number of rotatable bonds is 6. The van der Waals surface area contributed by atoms with Crippen LogP contribution in [-0.4, -0.2) is 38.9 Å². The number of para-hydroxylation sites is 1. The number of ether oxygens (including phenoxy) is 1. The van der Waals surface area contributed by atoms with Gasteiger partial charge in [-0.05, 0) is 56.8 Å². The molecule has 0 atom stereocenters. The molecule has 0 N–H and O–H groups in total. The molecule has 1 aliphatic rings. The summed E-state index contributed by atoms with van der Waals surface area (Å²) in [5.74, 6) is -1.00. The van der Waals surface area contributed by atoms with Gasteiger partial charge < -0.3 is 9.64 Å². The molecule has 1 fully saturated rings. The van der Waals surface area contributed by atoms with E-state index < -0.39 is 31.6 Å². The minimum absolute atomic E-state index is 0.218. The smallest absolute Gasteiger partial charge is 0.185 e. The van der Waals surface area contributed by atoms with Crippen molar-refractivity contribution in [3.05, 3.63) is 67.5 Å². The molecule has 2 aromatic carbocycles. The van der Waals surface area contributed by atoms with Gasteiger partial charge in [-0.2, -0.15) is 0 Å². The Morgan fingerprint density at radius 1 is 1.21 bits per heavy atom. The molecule has 11 heteroatoms. The molecule has 176 valence electrons. The first-order chi connectivity index (χ1) is 15.7. The van der Waals surface area contributed by atoms with Crippen molar-refractivity contribution in [1.82, 2.24) is 4.98 Å². The third-order valence-electron chi connectivity index (χ3n) is 5.61. The Bertz CT molecular complexity index is 1250. The monoisotopic (exact) mass is 620 g/mol. The standard InChI is InChI=1S/C22H20Br2F2N2O3S2/c1-31-18-5-3-2-4-13(18)10-14-12-32-22(27-14)28-8-6-15(7-9-28)33(29,30)21-19(24)17(25)11-16(23)20(21)26/h2-5,11-12,15H,6-10H2,1H3. The highest BCUT2D eigenvalue weighted by molar-refractivity contribution is 9.11. The van der Waals surface area contributed by atoms with Crippen LogP contribution < -0.4 is 9.64 Å².